The lowest BCUT2D eigenvalue weighted by molar-refractivity contribution is -0.161. The fraction of sp³-hybridized carbons (Fsp3) is 0.836. The van der Waals surface area contributed by atoms with Crippen molar-refractivity contribution < 1.29 is 80.2 Å². The van der Waals surface area contributed by atoms with Crippen molar-refractivity contribution in [3.63, 3.8) is 0 Å². The number of carbonyl (C=O) groups is 4. The maximum atomic E-state index is 13.0. The van der Waals surface area contributed by atoms with E-state index in [-0.39, 0.29) is 25.7 Å². The molecule has 0 amide bonds. The summed E-state index contributed by atoms with van der Waals surface area (Å²) in [6, 6.07) is 0. The number of carbonyl (C=O) groups excluding carboxylic acids is 4. The average Bonchev–Trinajstić information content (AvgIpc) is 3.01. The van der Waals surface area contributed by atoms with Gasteiger partial charge in [-0.2, -0.15) is 0 Å². The fourth-order valence-electron chi connectivity index (χ4n) is 9.98. The van der Waals surface area contributed by atoms with Gasteiger partial charge in [0.25, 0.3) is 0 Å². The molecule has 17 nitrogen and oxygen atoms in total. The number of ether oxygens (including phenoxy) is 4. The minimum absolute atomic E-state index is 0.0815. The molecule has 0 aromatic carbocycles. The highest BCUT2D eigenvalue weighted by Crippen LogP contribution is 2.45. The van der Waals surface area contributed by atoms with Gasteiger partial charge in [-0.3, -0.25) is 37.3 Å². The Bertz CT molecular complexity index is 1980. The largest absolute Gasteiger partial charge is 0.472 e. The van der Waals surface area contributed by atoms with E-state index in [1.165, 1.54) is 103 Å². The topological polar surface area (TPSA) is 237 Å². The third-order valence-corrected chi connectivity index (χ3v) is 18.3. The maximum Gasteiger partial charge on any atom is 0.472 e. The van der Waals surface area contributed by atoms with Crippen LogP contribution >= 0.6 is 15.6 Å². The van der Waals surface area contributed by atoms with Crippen LogP contribution in [0.5, 0.6) is 0 Å². The van der Waals surface area contributed by atoms with Crippen molar-refractivity contribution in [3.05, 3.63) is 48.6 Å². The number of aliphatic hydroxyl groups excluding tert-OH is 1. The highest BCUT2D eigenvalue weighted by molar-refractivity contribution is 7.47. The third-order valence-electron chi connectivity index (χ3n) is 16.4. The number of allylic oxidation sites excluding steroid dienone is 8. The molecular formula is C73H134O17P2. The number of unbranched alkanes of at least 4 members (excludes halogenated alkanes) is 30. The first-order valence-electron chi connectivity index (χ1n) is 36.7. The van der Waals surface area contributed by atoms with E-state index in [9.17, 15) is 43.2 Å². The molecule has 0 radical (unpaired) electrons. The van der Waals surface area contributed by atoms with Gasteiger partial charge in [0, 0.05) is 25.7 Å². The molecule has 0 aromatic rings. The summed E-state index contributed by atoms with van der Waals surface area (Å²) in [7, 11) is -9.93. The van der Waals surface area contributed by atoms with E-state index < -0.39 is 97.5 Å². The standard InChI is InChI=1S/C73H134O17P2/c1-7-11-13-15-17-19-21-23-25-27-29-31-36-43-49-55-70(75)83-61-68(90-73(78)58-52-46-38-34-33-35-41-47-53-65(5)9-3)63-87-91(79,80)85-59-67(74)60-86-92(81,82)88-64-69(62-84-71(76)56-50-44-40-39-42-48-54-66(6)10-4)89-72(77)57-51-45-37-32-30-28-26-24-22-20-18-16-14-12-8-2/h19-26,65-69,74H,7-18,27-64H2,1-6H3,(H,79,80)(H,81,82)/b21-19-,22-20-,25-23-,26-24-/t65?,66?,67-,68-,69-/m1/s1. The van der Waals surface area contributed by atoms with Crippen LogP contribution in [0, 0.1) is 11.8 Å². The van der Waals surface area contributed by atoms with Crippen molar-refractivity contribution in [2.75, 3.05) is 39.6 Å². The number of phosphoric ester groups is 2. The molecule has 7 atom stereocenters. The summed E-state index contributed by atoms with van der Waals surface area (Å²) in [6.07, 6.45) is 55.7. The predicted octanol–water partition coefficient (Wildman–Crippen LogP) is 20.3. The number of hydrogen-bond donors (Lipinski definition) is 3. The lowest BCUT2D eigenvalue weighted by Gasteiger charge is -2.21. The zero-order chi connectivity index (χ0) is 67.9. The molecule has 538 valence electrons. The highest BCUT2D eigenvalue weighted by atomic mass is 31.2. The molecule has 0 rings (SSSR count). The first-order valence-corrected chi connectivity index (χ1v) is 39.7. The van der Waals surface area contributed by atoms with E-state index in [2.05, 4.69) is 90.2 Å². The molecule has 0 saturated heterocycles. The molecule has 0 heterocycles. The monoisotopic (exact) mass is 1340 g/mol. The Morgan fingerprint density at radius 1 is 0.348 bits per heavy atom. The van der Waals surface area contributed by atoms with Crippen molar-refractivity contribution in [3.8, 4) is 0 Å². The van der Waals surface area contributed by atoms with Gasteiger partial charge in [-0.15, -0.1) is 0 Å². The number of esters is 4. The van der Waals surface area contributed by atoms with E-state index in [1.807, 2.05) is 0 Å². The summed E-state index contributed by atoms with van der Waals surface area (Å²) in [5.41, 5.74) is 0. The second kappa shape index (κ2) is 64.0. The SMILES string of the molecule is CCCCCC/C=C\C=C/CCCCCCCC(=O)OC[C@H](COP(=O)(O)OC[C@@H](O)COP(=O)(O)OC[C@@H](COC(=O)CCCCCCCCC(C)CC)OC(=O)CCCCCCC/C=C\C=C/CCCCCC)OC(=O)CCCCCCCCCCC(C)CC. The van der Waals surface area contributed by atoms with Crippen LogP contribution in [0.15, 0.2) is 48.6 Å². The van der Waals surface area contributed by atoms with E-state index in [4.69, 9.17) is 37.0 Å². The smallest absolute Gasteiger partial charge is 0.462 e. The van der Waals surface area contributed by atoms with Crippen LogP contribution in [0.2, 0.25) is 0 Å². The first kappa shape index (κ1) is 89.0. The second-order valence-corrected chi connectivity index (χ2v) is 28.3. The molecule has 0 bridgehead atoms. The number of hydrogen-bond acceptors (Lipinski definition) is 15. The molecular weight excluding hydrogens is 1210 g/mol. The van der Waals surface area contributed by atoms with E-state index >= 15 is 0 Å². The summed E-state index contributed by atoms with van der Waals surface area (Å²) in [5.74, 6) is -0.694. The summed E-state index contributed by atoms with van der Waals surface area (Å²) in [6.45, 7) is 9.38. The van der Waals surface area contributed by atoms with E-state index in [0.29, 0.717) is 25.7 Å². The molecule has 0 aliphatic carbocycles. The third kappa shape index (κ3) is 63.1. The Morgan fingerprint density at radius 3 is 0.913 bits per heavy atom. The number of aliphatic hydroxyl groups is 1. The van der Waals surface area contributed by atoms with Crippen LogP contribution in [0.3, 0.4) is 0 Å². The lowest BCUT2D eigenvalue weighted by Crippen LogP contribution is -2.30. The summed E-state index contributed by atoms with van der Waals surface area (Å²) in [4.78, 5) is 72.6. The molecule has 0 aliphatic rings. The van der Waals surface area contributed by atoms with Crippen LogP contribution < -0.4 is 0 Å². The van der Waals surface area contributed by atoms with Gasteiger partial charge in [-0.1, -0.05) is 270 Å². The highest BCUT2D eigenvalue weighted by Gasteiger charge is 2.30. The fourth-order valence-corrected chi connectivity index (χ4v) is 11.6. The zero-order valence-electron chi connectivity index (χ0n) is 58.8. The second-order valence-electron chi connectivity index (χ2n) is 25.4. The van der Waals surface area contributed by atoms with Crippen molar-refractivity contribution in [1.82, 2.24) is 0 Å². The van der Waals surface area contributed by atoms with Gasteiger partial charge in [0.05, 0.1) is 26.4 Å². The van der Waals surface area contributed by atoms with Gasteiger partial charge in [-0.05, 0) is 88.9 Å². The van der Waals surface area contributed by atoms with Crippen LogP contribution in [-0.4, -0.2) is 96.7 Å². The Hall–Kier alpha value is -2.98. The normalized spacial score (nSPS) is 15.0. The maximum absolute atomic E-state index is 13.0. The molecule has 3 N–H and O–H groups in total. The Balaban J connectivity index is 5.32. The van der Waals surface area contributed by atoms with Crippen LogP contribution in [-0.2, 0) is 65.4 Å². The van der Waals surface area contributed by atoms with Crippen LogP contribution in [0.4, 0.5) is 0 Å². The predicted molar refractivity (Wildman–Crippen MR) is 372 cm³/mol. The summed E-state index contributed by atoms with van der Waals surface area (Å²) in [5, 5.41) is 10.6. The quantitative estimate of drug-likeness (QED) is 0.0169. The summed E-state index contributed by atoms with van der Waals surface area (Å²) < 4.78 is 68.3. The van der Waals surface area contributed by atoms with Crippen molar-refractivity contribution >= 4 is 39.5 Å². The van der Waals surface area contributed by atoms with E-state index in [1.54, 1.807) is 0 Å². The minimum Gasteiger partial charge on any atom is -0.462 e. The molecule has 0 aliphatic heterocycles. The minimum atomic E-state index is -4.97. The van der Waals surface area contributed by atoms with Gasteiger partial charge in [0.15, 0.2) is 12.2 Å². The van der Waals surface area contributed by atoms with Crippen molar-refractivity contribution in [2.24, 2.45) is 11.8 Å². The molecule has 0 saturated carbocycles. The van der Waals surface area contributed by atoms with E-state index in [0.717, 1.165) is 140 Å². The van der Waals surface area contributed by atoms with Crippen molar-refractivity contribution in [2.45, 2.75) is 342 Å². The van der Waals surface area contributed by atoms with Gasteiger partial charge < -0.3 is 33.8 Å². The molecule has 0 fully saturated rings. The van der Waals surface area contributed by atoms with Gasteiger partial charge >= 0.3 is 39.5 Å². The Labute approximate surface area is 559 Å². The van der Waals surface area contributed by atoms with Gasteiger partial charge in [0.2, 0.25) is 0 Å². The molecule has 0 aromatic heterocycles. The molecule has 0 spiro atoms. The lowest BCUT2D eigenvalue weighted by atomic mass is 9.99. The van der Waals surface area contributed by atoms with Gasteiger partial charge in [0.1, 0.15) is 19.3 Å². The number of rotatable bonds is 68. The Kier molecular flexibility index (Phi) is 62.0. The first-order chi connectivity index (χ1) is 44.4. The molecule has 19 heteroatoms. The van der Waals surface area contributed by atoms with Gasteiger partial charge in [-0.25, -0.2) is 9.13 Å². The van der Waals surface area contributed by atoms with Crippen molar-refractivity contribution in [1.29, 1.82) is 0 Å². The Morgan fingerprint density at radius 2 is 0.609 bits per heavy atom. The van der Waals surface area contributed by atoms with Crippen LogP contribution in [0.1, 0.15) is 324 Å². The van der Waals surface area contributed by atoms with Crippen LogP contribution in [0.25, 0.3) is 0 Å². The zero-order valence-corrected chi connectivity index (χ0v) is 60.6. The number of phosphoric acid groups is 2. The summed E-state index contributed by atoms with van der Waals surface area (Å²) >= 11 is 0. The molecule has 92 heavy (non-hydrogen) atoms. The molecule has 4 unspecified atom stereocenters. The average molecular weight is 1350 g/mol.